The van der Waals surface area contributed by atoms with Crippen molar-refractivity contribution in [3.05, 3.63) is 29.8 Å². The first-order valence-electron chi connectivity index (χ1n) is 10.1. The van der Waals surface area contributed by atoms with Gasteiger partial charge in [-0.1, -0.05) is 31.4 Å². The lowest BCUT2D eigenvalue weighted by atomic mass is 9.96. The van der Waals surface area contributed by atoms with Gasteiger partial charge in [-0.05, 0) is 38.8 Å². The summed E-state index contributed by atoms with van der Waals surface area (Å²) in [7, 11) is 4.03. The molecule has 150 valence electrons. The largest absolute Gasteiger partial charge is 0.378 e. The molecule has 0 aromatic heterocycles. The average molecular weight is 376 g/mol. The van der Waals surface area contributed by atoms with Crippen LogP contribution in [0, 0.1) is 0 Å². The van der Waals surface area contributed by atoms with Crippen LogP contribution in [0.1, 0.15) is 51.5 Å². The zero-order valence-electron chi connectivity index (χ0n) is 17.2. The molecule has 1 aromatic rings. The number of benzene rings is 1. The molecule has 27 heavy (non-hydrogen) atoms. The van der Waals surface area contributed by atoms with E-state index < -0.39 is 0 Å². The van der Waals surface area contributed by atoms with Crippen LogP contribution < -0.4 is 20.4 Å². The molecule has 1 unspecified atom stereocenters. The molecule has 3 amide bonds. The lowest BCUT2D eigenvalue weighted by molar-refractivity contribution is -0.926. The number of urea groups is 1. The van der Waals surface area contributed by atoms with Crippen molar-refractivity contribution in [1.82, 2.24) is 10.6 Å². The predicted octanol–water partition coefficient (Wildman–Crippen LogP) is 1.70. The van der Waals surface area contributed by atoms with Crippen LogP contribution in [0.25, 0.3) is 0 Å². The van der Waals surface area contributed by atoms with Crippen molar-refractivity contribution in [1.29, 1.82) is 0 Å². The number of nitrogens with one attached hydrogen (secondary N) is 3. The van der Waals surface area contributed by atoms with Gasteiger partial charge in [-0.25, -0.2) is 4.79 Å². The molecule has 0 aliphatic heterocycles. The summed E-state index contributed by atoms with van der Waals surface area (Å²) in [6, 6.07) is 7.93. The van der Waals surface area contributed by atoms with Crippen LogP contribution in [-0.2, 0) is 11.3 Å². The number of quaternary nitrogens is 1. The van der Waals surface area contributed by atoms with Gasteiger partial charge in [0.15, 0.2) is 6.04 Å². The Morgan fingerprint density at radius 1 is 1.15 bits per heavy atom. The highest BCUT2D eigenvalue weighted by molar-refractivity contribution is 5.96. The second kappa shape index (κ2) is 10.3. The number of carbonyl (C=O) groups is 2. The molecule has 0 heterocycles. The van der Waals surface area contributed by atoms with Gasteiger partial charge in [-0.15, -0.1) is 0 Å². The van der Waals surface area contributed by atoms with Gasteiger partial charge in [-0.3, -0.25) is 10.1 Å². The molecule has 1 aliphatic carbocycles. The summed E-state index contributed by atoms with van der Waals surface area (Å²) in [6.45, 7) is 5.52. The Bertz CT molecular complexity index is 609. The number of carbonyl (C=O) groups excluding carboxylic acids is 2. The summed E-state index contributed by atoms with van der Waals surface area (Å²) >= 11 is 0. The number of likely N-dealkylation sites (N-methyl/N-ethyl adjacent to an activating group) is 1. The molecular weight excluding hydrogens is 340 g/mol. The average Bonchev–Trinajstić information content (AvgIpc) is 2.66. The highest BCUT2D eigenvalue weighted by Gasteiger charge is 2.26. The fraction of sp³-hybridized carbons (Fsp3) is 0.619. The normalized spacial score (nSPS) is 17.0. The maximum Gasteiger partial charge on any atom is 0.321 e. The van der Waals surface area contributed by atoms with E-state index in [0.29, 0.717) is 0 Å². The summed E-state index contributed by atoms with van der Waals surface area (Å²) in [5.74, 6) is -0.218. The lowest BCUT2D eigenvalue weighted by Gasteiger charge is -2.25. The van der Waals surface area contributed by atoms with E-state index in [1.807, 2.05) is 21.0 Å². The molecule has 1 aliphatic rings. The zero-order chi connectivity index (χ0) is 19.8. The van der Waals surface area contributed by atoms with Crippen LogP contribution in [-0.4, -0.2) is 44.7 Å². The molecule has 3 N–H and O–H groups in total. The first kappa shape index (κ1) is 21.2. The van der Waals surface area contributed by atoms with E-state index in [0.717, 1.165) is 49.4 Å². The van der Waals surface area contributed by atoms with Crippen LogP contribution in [0.5, 0.6) is 0 Å². The van der Waals surface area contributed by atoms with Crippen molar-refractivity contribution in [2.75, 3.05) is 25.5 Å². The molecule has 0 saturated heterocycles. The molecular formula is C21H35N4O2+. The van der Waals surface area contributed by atoms with Crippen molar-refractivity contribution in [3.8, 4) is 0 Å². The maximum absolute atomic E-state index is 12.5. The van der Waals surface area contributed by atoms with Gasteiger partial charge in [0.2, 0.25) is 0 Å². The molecule has 0 radical (unpaired) electrons. The number of imide groups is 1. The highest BCUT2D eigenvalue weighted by atomic mass is 16.2. The monoisotopic (exact) mass is 375 g/mol. The molecule has 0 bridgehead atoms. The molecule has 6 nitrogen and oxygen atoms in total. The number of hydrogen-bond donors (Lipinski definition) is 3. The van der Waals surface area contributed by atoms with E-state index in [1.165, 1.54) is 12.0 Å². The Hall–Kier alpha value is -2.08. The molecule has 1 fully saturated rings. The Morgan fingerprint density at radius 3 is 2.33 bits per heavy atom. The number of rotatable bonds is 7. The molecule has 0 spiro atoms. The molecule has 1 saturated carbocycles. The third-order valence-corrected chi connectivity index (χ3v) is 5.52. The molecule has 2 rings (SSSR count). The number of nitrogens with zero attached hydrogens (tertiary/aromatic N) is 1. The van der Waals surface area contributed by atoms with Gasteiger partial charge < -0.3 is 15.1 Å². The standard InChI is InChI=1S/C21H34N4O2/c1-5-25(15-17-11-13-19(14-12-17)24(3)4)16(2)20(26)23-21(27)22-18-9-7-6-8-10-18/h11-14,16,18H,5-10,15H2,1-4H3,(H2,22,23,26,27)/p+1/t16-/m1/s1. The minimum atomic E-state index is -0.357. The number of hydrogen-bond acceptors (Lipinski definition) is 3. The first-order chi connectivity index (χ1) is 12.9. The molecule has 2 atom stereocenters. The van der Waals surface area contributed by atoms with E-state index in [4.69, 9.17) is 0 Å². The minimum absolute atomic E-state index is 0.201. The summed E-state index contributed by atoms with van der Waals surface area (Å²) in [6.07, 6.45) is 5.55. The van der Waals surface area contributed by atoms with Crippen molar-refractivity contribution in [3.63, 3.8) is 0 Å². The van der Waals surface area contributed by atoms with Gasteiger partial charge >= 0.3 is 6.03 Å². The Labute approximate surface area is 163 Å². The summed E-state index contributed by atoms with van der Waals surface area (Å²) in [4.78, 5) is 27.9. The van der Waals surface area contributed by atoms with Crippen molar-refractivity contribution >= 4 is 17.6 Å². The fourth-order valence-corrected chi connectivity index (χ4v) is 3.63. The van der Waals surface area contributed by atoms with Gasteiger partial charge in [0, 0.05) is 31.4 Å². The number of amides is 3. The predicted molar refractivity (Wildman–Crippen MR) is 109 cm³/mol. The molecule has 6 heteroatoms. The van der Waals surface area contributed by atoms with Crippen LogP contribution in [0.4, 0.5) is 10.5 Å². The van der Waals surface area contributed by atoms with E-state index in [1.54, 1.807) is 0 Å². The summed E-state index contributed by atoms with van der Waals surface area (Å²) in [5, 5.41) is 5.48. The van der Waals surface area contributed by atoms with Gasteiger partial charge in [0.25, 0.3) is 5.91 Å². The van der Waals surface area contributed by atoms with Crippen LogP contribution in [0.3, 0.4) is 0 Å². The first-order valence-corrected chi connectivity index (χ1v) is 10.1. The van der Waals surface area contributed by atoms with Gasteiger partial charge in [0.05, 0.1) is 6.54 Å². The van der Waals surface area contributed by atoms with E-state index in [-0.39, 0.29) is 24.0 Å². The SMILES string of the molecule is CC[NH+](Cc1ccc(N(C)C)cc1)[C@H](C)C(=O)NC(=O)NC1CCCCC1. The fourth-order valence-electron chi connectivity index (χ4n) is 3.63. The third-order valence-electron chi connectivity index (χ3n) is 5.52. The van der Waals surface area contributed by atoms with Crippen molar-refractivity contribution in [2.45, 2.75) is 64.6 Å². The van der Waals surface area contributed by atoms with Crippen LogP contribution >= 0.6 is 0 Å². The van der Waals surface area contributed by atoms with Crippen LogP contribution in [0.2, 0.25) is 0 Å². The Balaban J connectivity index is 1.87. The second-order valence-corrected chi connectivity index (χ2v) is 7.77. The third kappa shape index (κ3) is 6.54. The van der Waals surface area contributed by atoms with E-state index in [9.17, 15) is 9.59 Å². The van der Waals surface area contributed by atoms with Crippen molar-refractivity contribution < 1.29 is 14.5 Å². The highest BCUT2D eigenvalue weighted by Crippen LogP contribution is 2.17. The topological polar surface area (TPSA) is 65.9 Å². The lowest BCUT2D eigenvalue weighted by Crippen LogP contribution is -3.15. The second-order valence-electron chi connectivity index (χ2n) is 7.77. The van der Waals surface area contributed by atoms with E-state index >= 15 is 0 Å². The Morgan fingerprint density at radius 2 is 1.78 bits per heavy atom. The number of anilines is 1. The molecule has 1 aromatic carbocycles. The van der Waals surface area contributed by atoms with E-state index in [2.05, 4.69) is 46.7 Å². The summed E-state index contributed by atoms with van der Waals surface area (Å²) in [5.41, 5.74) is 2.34. The quantitative estimate of drug-likeness (QED) is 0.680. The van der Waals surface area contributed by atoms with Gasteiger partial charge in [-0.2, -0.15) is 0 Å². The summed E-state index contributed by atoms with van der Waals surface area (Å²) < 4.78 is 0. The minimum Gasteiger partial charge on any atom is -0.378 e. The van der Waals surface area contributed by atoms with Crippen molar-refractivity contribution in [2.24, 2.45) is 0 Å². The van der Waals surface area contributed by atoms with Crippen LogP contribution in [0.15, 0.2) is 24.3 Å². The maximum atomic E-state index is 12.5. The zero-order valence-corrected chi connectivity index (χ0v) is 17.2. The van der Waals surface area contributed by atoms with Gasteiger partial charge in [0.1, 0.15) is 6.54 Å². The Kier molecular flexibility index (Phi) is 8.10. The smallest absolute Gasteiger partial charge is 0.321 e.